The van der Waals surface area contributed by atoms with Crippen LogP contribution in [-0.4, -0.2) is 44.8 Å². The van der Waals surface area contributed by atoms with E-state index in [1.54, 1.807) is 23.0 Å². The van der Waals surface area contributed by atoms with E-state index in [4.69, 9.17) is 0 Å². The number of carbonyl (C=O) groups excluding carboxylic acids is 3. The van der Waals surface area contributed by atoms with Crippen LogP contribution in [0.5, 0.6) is 0 Å². The maximum atomic E-state index is 13.2. The number of ketones is 1. The standard InChI is InChI=1S/C23H27N3O3/c1-14(2)11-25-22(28)19(23(29)26(25)21-9-15(21)3)10-17-13-24(12-16(4)27)20-8-6-5-7-18(17)20/h5-8,10,13-15,21H,9,11-12H2,1-4H3/b19-10-. The van der Waals surface area contributed by atoms with E-state index in [0.29, 0.717) is 12.5 Å². The molecule has 152 valence electrons. The Balaban J connectivity index is 1.77. The lowest BCUT2D eigenvalue weighted by Gasteiger charge is -2.29. The Kier molecular flexibility index (Phi) is 4.81. The van der Waals surface area contributed by atoms with Gasteiger partial charge >= 0.3 is 0 Å². The second-order valence-corrected chi connectivity index (χ2v) is 8.70. The third kappa shape index (κ3) is 3.48. The van der Waals surface area contributed by atoms with Gasteiger partial charge in [-0.2, -0.15) is 0 Å². The Morgan fingerprint density at radius 2 is 1.90 bits per heavy atom. The quantitative estimate of drug-likeness (QED) is 0.559. The molecule has 0 spiro atoms. The molecule has 2 unspecified atom stereocenters. The van der Waals surface area contributed by atoms with Crippen LogP contribution < -0.4 is 0 Å². The summed E-state index contributed by atoms with van der Waals surface area (Å²) >= 11 is 0. The van der Waals surface area contributed by atoms with Gasteiger partial charge in [0.05, 0.1) is 12.6 Å². The van der Waals surface area contributed by atoms with E-state index in [1.165, 1.54) is 0 Å². The first-order valence-corrected chi connectivity index (χ1v) is 10.2. The number of carbonyl (C=O) groups is 3. The number of nitrogens with zero attached hydrogens (tertiary/aromatic N) is 3. The summed E-state index contributed by atoms with van der Waals surface area (Å²) in [5.41, 5.74) is 1.91. The highest BCUT2D eigenvalue weighted by Crippen LogP contribution is 2.40. The molecule has 2 fully saturated rings. The Labute approximate surface area is 170 Å². The summed E-state index contributed by atoms with van der Waals surface area (Å²) in [4.78, 5) is 38.0. The fourth-order valence-electron chi connectivity index (χ4n) is 4.09. The second-order valence-electron chi connectivity index (χ2n) is 8.70. The zero-order valence-corrected chi connectivity index (χ0v) is 17.4. The summed E-state index contributed by atoms with van der Waals surface area (Å²) in [6, 6.07) is 7.85. The molecule has 6 heteroatoms. The Morgan fingerprint density at radius 1 is 1.21 bits per heavy atom. The maximum Gasteiger partial charge on any atom is 0.278 e. The number of benzene rings is 1. The van der Waals surface area contributed by atoms with E-state index in [9.17, 15) is 14.4 Å². The number of fused-ring (bicyclic) bond motifs is 1. The molecule has 4 rings (SSSR count). The number of hydrazine groups is 1. The molecule has 1 aliphatic heterocycles. The van der Waals surface area contributed by atoms with Gasteiger partial charge < -0.3 is 4.57 Å². The first-order chi connectivity index (χ1) is 13.8. The number of hydrogen-bond donors (Lipinski definition) is 0. The monoisotopic (exact) mass is 393 g/mol. The van der Waals surface area contributed by atoms with Crippen LogP contribution in [0.4, 0.5) is 0 Å². The van der Waals surface area contributed by atoms with Crippen LogP contribution in [0.25, 0.3) is 17.0 Å². The first-order valence-electron chi connectivity index (χ1n) is 10.2. The summed E-state index contributed by atoms with van der Waals surface area (Å²) in [7, 11) is 0. The van der Waals surface area contributed by atoms with E-state index in [0.717, 1.165) is 22.9 Å². The van der Waals surface area contributed by atoms with Crippen molar-refractivity contribution in [3.05, 3.63) is 41.6 Å². The third-order valence-corrected chi connectivity index (χ3v) is 5.59. The van der Waals surface area contributed by atoms with Crippen LogP contribution in [0, 0.1) is 11.8 Å². The third-order valence-electron chi connectivity index (χ3n) is 5.59. The largest absolute Gasteiger partial charge is 0.339 e. The summed E-state index contributed by atoms with van der Waals surface area (Å²) in [5, 5.41) is 4.23. The van der Waals surface area contributed by atoms with Crippen LogP contribution in [0.2, 0.25) is 0 Å². The summed E-state index contributed by atoms with van der Waals surface area (Å²) in [6.07, 6.45) is 4.48. The predicted molar refractivity (Wildman–Crippen MR) is 112 cm³/mol. The van der Waals surface area contributed by atoms with Gasteiger partial charge in [-0.3, -0.25) is 14.4 Å². The van der Waals surface area contributed by atoms with Gasteiger partial charge in [-0.25, -0.2) is 10.0 Å². The van der Waals surface area contributed by atoms with Gasteiger partial charge in [0, 0.05) is 29.2 Å². The van der Waals surface area contributed by atoms with Crippen molar-refractivity contribution in [1.82, 2.24) is 14.6 Å². The van der Waals surface area contributed by atoms with E-state index in [-0.39, 0.29) is 41.7 Å². The van der Waals surface area contributed by atoms with Crippen molar-refractivity contribution >= 4 is 34.6 Å². The first kappa shape index (κ1) is 19.4. The highest BCUT2D eigenvalue weighted by Gasteiger charge is 2.51. The SMILES string of the molecule is CC(=O)Cn1cc(/C=C2/C(=O)N(CC(C)C)N(C3CC3C)C2=O)c2ccccc21. The lowest BCUT2D eigenvalue weighted by molar-refractivity contribution is -0.149. The minimum Gasteiger partial charge on any atom is -0.339 e. The number of para-hydroxylation sites is 1. The molecule has 1 aromatic carbocycles. The molecule has 0 bridgehead atoms. The smallest absolute Gasteiger partial charge is 0.278 e. The van der Waals surface area contributed by atoms with Gasteiger partial charge in [-0.1, -0.05) is 39.0 Å². The number of hydrogen-bond acceptors (Lipinski definition) is 3. The molecule has 2 aliphatic rings. The summed E-state index contributed by atoms with van der Waals surface area (Å²) < 4.78 is 1.88. The van der Waals surface area contributed by atoms with Crippen molar-refractivity contribution in [2.45, 2.75) is 46.7 Å². The number of amides is 2. The zero-order valence-electron chi connectivity index (χ0n) is 17.4. The second kappa shape index (κ2) is 7.17. The van der Waals surface area contributed by atoms with E-state index >= 15 is 0 Å². The number of rotatable bonds is 6. The van der Waals surface area contributed by atoms with Crippen molar-refractivity contribution < 1.29 is 14.4 Å². The highest BCUT2D eigenvalue weighted by atomic mass is 16.2. The molecule has 2 atom stereocenters. The van der Waals surface area contributed by atoms with Crippen LogP contribution in [0.3, 0.4) is 0 Å². The zero-order chi connectivity index (χ0) is 20.9. The van der Waals surface area contributed by atoms with Crippen LogP contribution in [-0.2, 0) is 20.9 Å². The molecule has 2 aromatic rings. The van der Waals surface area contributed by atoms with E-state index in [2.05, 4.69) is 6.92 Å². The molecule has 1 aliphatic carbocycles. The van der Waals surface area contributed by atoms with E-state index in [1.807, 2.05) is 48.9 Å². The lowest BCUT2D eigenvalue weighted by atomic mass is 10.1. The molecule has 1 saturated carbocycles. The fraction of sp³-hybridized carbons (Fsp3) is 0.435. The Morgan fingerprint density at radius 3 is 2.52 bits per heavy atom. The average molecular weight is 393 g/mol. The number of Topliss-reactive ketones (excluding diaryl/α,β-unsaturated/α-hetero) is 1. The van der Waals surface area contributed by atoms with Gasteiger partial charge in [-0.15, -0.1) is 0 Å². The van der Waals surface area contributed by atoms with Crippen molar-refractivity contribution in [3.8, 4) is 0 Å². The van der Waals surface area contributed by atoms with Gasteiger partial charge in [0.15, 0.2) is 0 Å². The molecule has 6 nitrogen and oxygen atoms in total. The normalized spacial score (nSPS) is 23.1. The topological polar surface area (TPSA) is 62.6 Å². The molecule has 1 aromatic heterocycles. The molecule has 1 saturated heterocycles. The maximum absolute atomic E-state index is 13.2. The van der Waals surface area contributed by atoms with Crippen LogP contribution in [0.15, 0.2) is 36.0 Å². The van der Waals surface area contributed by atoms with E-state index < -0.39 is 0 Å². The Bertz CT molecular complexity index is 1030. The number of aromatic nitrogens is 1. The van der Waals surface area contributed by atoms with Gasteiger partial charge in [0.1, 0.15) is 11.4 Å². The van der Waals surface area contributed by atoms with Crippen molar-refractivity contribution in [2.75, 3.05) is 6.54 Å². The summed E-state index contributed by atoms with van der Waals surface area (Å²) in [6.45, 7) is 8.53. The van der Waals surface area contributed by atoms with Gasteiger partial charge in [-0.05, 0) is 37.3 Å². The van der Waals surface area contributed by atoms with Gasteiger partial charge in [0.25, 0.3) is 11.8 Å². The van der Waals surface area contributed by atoms with Crippen molar-refractivity contribution in [1.29, 1.82) is 0 Å². The molecular weight excluding hydrogens is 366 g/mol. The molecule has 2 heterocycles. The highest BCUT2D eigenvalue weighted by molar-refractivity contribution is 6.26. The molecular formula is C23H27N3O3. The summed E-state index contributed by atoms with van der Waals surface area (Å²) in [5.74, 6) is 0.285. The van der Waals surface area contributed by atoms with Gasteiger partial charge in [0.2, 0.25) is 0 Å². The minimum atomic E-state index is -0.230. The molecule has 0 N–H and O–H groups in total. The Hall–Kier alpha value is -2.89. The minimum absolute atomic E-state index is 0.0509. The lowest BCUT2D eigenvalue weighted by Crippen LogP contribution is -2.44. The van der Waals surface area contributed by atoms with Crippen molar-refractivity contribution in [2.24, 2.45) is 11.8 Å². The van der Waals surface area contributed by atoms with Crippen LogP contribution >= 0.6 is 0 Å². The molecule has 0 radical (unpaired) electrons. The van der Waals surface area contributed by atoms with Crippen molar-refractivity contribution in [3.63, 3.8) is 0 Å². The molecule has 29 heavy (non-hydrogen) atoms. The molecule has 2 amide bonds. The fourth-order valence-corrected chi connectivity index (χ4v) is 4.09. The predicted octanol–water partition coefficient (Wildman–Crippen LogP) is 3.26. The average Bonchev–Trinajstić information content (AvgIpc) is 3.20. The van der Waals surface area contributed by atoms with Crippen LogP contribution in [0.1, 0.15) is 39.7 Å².